The third-order valence-corrected chi connectivity index (χ3v) is 2.86. The summed E-state index contributed by atoms with van der Waals surface area (Å²) in [5, 5.41) is 21.7. The monoisotopic (exact) mass is 332 g/mol. The number of aliphatic hydroxyl groups excluding tert-OH is 1. The van der Waals surface area contributed by atoms with Gasteiger partial charge in [0.25, 0.3) is 11.6 Å². The minimum atomic E-state index is -0.562. The third-order valence-electron chi connectivity index (χ3n) is 2.17. The zero-order valence-corrected chi connectivity index (χ0v) is 11.6. The van der Waals surface area contributed by atoms with Crippen LogP contribution in [0.5, 0.6) is 0 Å². The second-order valence-corrected chi connectivity index (χ2v) is 4.37. The van der Waals surface area contributed by atoms with Crippen LogP contribution in [0.1, 0.15) is 10.4 Å². The van der Waals surface area contributed by atoms with Crippen molar-refractivity contribution < 1.29 is 19.6 Å². The minimum Gasteiger partial charge on any atom is -0.394 e. The first kappa shape index (κ1) is 15.5. The molecule has 1 amide bonds. The summed E-state index contributed by atoms with van der Waals surface area (Å²) in [7, 11) is 0. The quantitative estimate of drug-likeness (QED) is 0.442. The van der Waals surface area contributed by atoms with Gasteiger partial charge in [-0.05, 0) is 22.0 Å². The Bertz CT molecular complexity index is 466. The second kappa shape index (κ2) is 7.82. The molecule has 0 spiro atoms. The summed E-state index contributed by atoms with van der Waals surface area (Å²) in [5.41, 5.74) is 0.0428. The number of carbonyl (C=O) groups excluding carboxylic acids is 1. The molecule has 104 valence electrons. The van der Waals surface area contributed by atoms with Gasteiger partial charge in [0.05, 0.1) is 30.3 Å². The summed E-state index contributed by atoms with van der Waals surface area (Å²) in [4.78, 5) is 21.9. The van der Waals surface area contributed by atoms with Crippen molar-refractivity contribution in [3.8, 4) is 0 Å². The number of halogens is 1. The molecule has 0 aromatic heterocycles. The van der Waals surface area contributed by atoms with Gasteiger partial charge in [-0.3, -0.25) is 14.9 Å². The van der Waals surface area contributed by atoms with Crippen LogP contribution in [0.4, 0.5) is 5.69 Å². The SMILES string of the molecule is O=C(NCCOCCO)c1cc([N+](=O)[O-])ccc1Br. The van der Waals surface area contributed by atoms with E-state index in [1.165, 1.54) is 18.2 Å². The van der Waals surface area contributed by atoms with Crippen LogP contribution in [-0.2, 0) is 4.74 Å². The Morgan fingerprint density at radius 1 is 1.47 bits per heavy atom. The van der Waals surface area contributed by atoms with Gasteiger partial charge in [-0.15, -0.1) is 0 Å². The summed E-state index contributed by atoms with van der Waals surface area (Å²) in [6.07, 6.45) is 0. The fraction of sp³-hybridized carbons (Fsp3) is 0.364. The number of ether oxygens (including phenoxy) is 1. The van der Waals surface area contributed by atoms with E-state index >= 15 is 0 Å². The van der Waals surface area contributed by atoms with Crippen molar-refractivity contribution in [3.05, 3.63) is 38.3 Å². The van der Waals surface area contributed by atoms with E-state index in [9.17, 15) is 14.9 Å². The Morgan fingerprint density at radius 2 is 2.21 bits per heavy atom. The highest BCUT2D eigenvalue weighted by Crippen LogP contribution is 2.22. The Kier molecular flexibility index (Phi) is 6.40. The van der Waals surface area contributed by atoms with Crippen molar-refractivity contribution in [2.45, 2.75) is 0 Å². The first-order chi connectivity index (χ1) is 9.06. The lowest BCUT2D eigenvalue weighted by atomic mass is 10.2. The van der Waals surface area contributed by atoms with Crippen LogP contribution in [0.15, 0.2) is 22.7 Å². The van der Waals surface area contributed by atoms with Gasteiger partial charge in [-0.25, -0.2) is 0 Å². The maximum absolute atomic E-state index is 11.8. The Morgan fingerprint density at radius 3 is 2.84 bits per heavy atom. The molecule has 0 heterocycles. The van der Waals surface area contributed by atoms with E-state index in [0.29, 0.717) is 4.47 Å². The number of hydrogen-bond acceptors (Lipinski definition) is 5. The van der Waals surface area contributed by atoms with Crippen molar-refractivity contribution in [2.75, 3.05) is 26.4 Å². The highest BCUT2D eigenvalue weighted by atomic mass is 79.9. The standard InChI is InChI=1S/C11H13BrN2O5/c12-10-2-1-8(14(17)18)7-9(10)11(16)13-3-5-19-6-4-15/h1-2,7,15H,3-6H2,(H,13,16). The van der Waals surface area contributed by atoms with Gasteiger partial charge < -0.3 is 15.2 Å². The van der Waals surface area contributed by atoms with Crippen molar-refractivity contribution >= 4 is 27.5 Å². The average Bonchev–Trinajstić information content (AvgIpc) is 2.38. The normalized spacial score (nSPS) is 10.2. The Hall–Kier alpha value is -1.51. The predicted octanol–water partition coefficient (Wildman–Crippen LogP) is 1.10. The molecule has 0 fully saturated rings. The molecule has 0 bridgehead atoms. The number of carbonyl (C=O) groups is 1. The number of rotatable bonds is 7. The summed E-state index contributed by atoms with van der Waals surface area (Å²) in [6.45, 7) is 0.646. The van der Waals surface area contributed by atoms with Crippen LogP contribution in [-0.4, -0.2) is 42.3 Å². The number of benzene rings is 1. The maximum atomic E-state index is 11.8. The van der Waals surface area contributed by atoms with Crippen LogP contribution in [0.25, 0.3) is 0 Å². The molecule has 8 heteroatoms. The molecule has 0 aliphatic heterocycles. The van der Waals surface area contributed by atoms with Gasteiger partial charge in [0.1, 0.15) is 0 Å². The van der Waals surface area contributed by atoms with Crippen LogP contribution >= 0.6 is 15.9 Å². The van der Waals surface area contributed by atoms with E-state index in [2.05, 4.69) is 21.2 Å². The van der Waals surface area contributed by atoms with Gasteiger partial charge in [-0.1, -0.05) is 0 Å². The van der Waals surface area contributed by atoms with Crippen LogP contribution in [0.3, 0.4) is 0 Å². The molecule has 0 radical (unpaired) electrons. The lowest BCUT2D eigenvalue weighted by Gasteiger charge is -2.07. The summed E-state index contributed by atoms with van der Waals surface area (Å²) >= 11 is 3.17. The molecule has 0 unspecified atom stereocenters. The van der Waals surface area contributed by atoms with Crippen molar-refractivity contribution in [2.24, 2.45) is 0 Å². The molecule has 1 rings (SSSR count). The van der Waals surface area contributed by atoms with E-state index < -0.39 is 10.8 Å². The fourth-order valence-corrected chi connectivity index (χ4v) is 1.73. The minimum absolute atomic E-state index is 0.0790. The molecule has 1 aromatic rings. The number of nitrogens with zero attached hydrogens (tertiary/aromatic N) is 1. The van der Waals surface area contributed by atoms with Crippen molar-refractivity contribution in [3.63, 3.8) is 0 Å². The van der Waals surface area contributed by atoms with E-state index in [-0.39, 0.29) is 37.6 Å². The molecule has 1 aromatic carbocycles. The molecule has 0 saturated heterocycles. The predicted molar refractivity (Wildman–Crippen MR) is 71.0 cm³/mol. The topological polar surface area (TPSA) is 102 Å². The van der Waals surface area contributed by atoms with Gasteiger partial charge in [0.15, 0.2) is 0 Å². The highest BCUT2D eigenvalue weighted by molar-refractivity contribution is 9.10. The van der Waals surface area contributed by atoms with Crippen molar-refractivity contribution in [1.29, 1.82) is 0 Å². The zero-order chi connectivity index (χ0) is 14.3. The van der Waals surface area contributed by atoms with Gasteiger partial charge in [0.2, 0.25) is 0 Å². The van der Waals surface area contributed by atoms with E-state index in [4.69, 9.17) is 9.84 Å². The lowest BCUT2D eigenvalue weighted by Crippen LogP contribution is -2.27. The molecule has 0 atom stereocenters. The van der Waals surface area contributed by atoms with Gasteiger partial charge >= 0.3 is 0 Å². The largest absolute Gasteiger partial charge is 0.394 e. The Labute approximate surface area is 117 Å². The summed E-state index contributed by atoms with van der Waals surface area (Å²) in [6, 6.07) is 3.97. The molecule has 7 nitrogen and oxygen atoms in total. The molecule has 0 aliphatic rings. The first-order valence-corrected chi connectivity index (χ1v) is 6.26. The van der Waals surface area contributed by atoms with E-state index in [1.807, 2.05) is 0 Å². The number of nitrogens with one attached hydrogen (secondary N) is 1. The summed E-state index contributed by atoms with van der Waals surface area (Å²) in [5.74, 6) is -0.428. The van der Waals surface area contributed by atoms with Crippen LogP contribution < -0.4 is 5.32 Å². The van der Waals surface area contributed by atoms with E-state index in [0.717, 1.165) is 0 Å². The molecule has 19 heavy (non-hydrogen) atoms. The van der Waals surface area contributed by atoms with Crippen LogP contribution in [0, 0.1) is 10.1 Å². The number of aliphatic hydroxyl groups is 1. The summed E-state index contributed by atoms with van der Waals surface area (Å²) < 4.78 is 5.46. The highest BCUT2D eigenvalue weighted by Gasteiger charge is 2.14. The maximum Gasteiger partial charge on any atom is 0.270 e. The molecular formula is C11H13BrN2O5. The van der Waals surface area contributed by atoms with Crippen molar-refractivity contribution in [1.82, 2.24) is 5.32 Å². The van der Waals surface area contributed by atoms with Gasteiger partial charge in [-0.2, -0.15) is 0 Å². The number of nitro groups is 1. The molecule has 0 saturated carbocycles. The van der Waals surface area contributed by atoms with Crippen LogP contribution in [0.2, 0.25) is 0 Å². The zero-order valence-electron chi connectivity index (χ0n) is 9.97. The number of nitro benzene ring substituents is 1. The lowest BCUT2D eigenvalue weighted by molar-refractivity contribution is -0.384. The molecule has 2 N–H and O–H groups in total. The molecular weight excluding hydrogens is 320 g/mol. The average molecular weight is 333 g/mol. The number of non-ortho nitro benzene ring substituents is 1. The third kappa shape index (κ3) is 4.93. The van der Waals surface area contributed by atoms with Gasteiger partial charge in [0, 0.05) is 23.2 Å². The molecule has 0 aliphatic carbocycles. The number of hydrogen-bond donors (Lipinski definition) is 2. The first-order valence-electron chi connectivity index (χ1n) is 5.47. The smallest absolute Gasteiger partial charge is 0.270 e. The number of amides is 1. The fourth-order valence-electron chi connectivity index (χ4n) is 1.30. The van der Waals surface area contributed by atoms with E-state index in [1.54, 1.807) is 0 Å². The second-order valence-electron chi connectivity index (χ2n) is 3.51. The Balaban J connectivity index is 2.61.